The Kier molecular flexibility index (Phi) is 5.18. The molecule has 1 heterocycles. The molecule has 6 nitrogen and oxygen atoms in total. The highest BCUT2D eigenvalue weighted by molar-refractivity contribution is 6.40. The first-order chi connectivity index (χ1) is 13.9. The Labute approximate surface area is 156 Å². The van der Waals surface area contributed by atoms with Crippen LogP contribution in [-0.2, 0) is 0 Å². The summed E-state index contributed by atoms with van der Waals surface area (Å²) in [5.74, 6) is 0.732. The van der Waals surface area contributed by atoms with Gasteiger partial charge in [-0.3, -0.25) is 9.59 Å². The first-order valence-corrected chi connectivity index (χ1v) is 6.88. The van der Waals surface area contributed by atoms with Crippen molar-refractivity contribution in [3.63, 3.8) is 0 Å². The van der Waals surface area contributed by atoms with E-state index in [1.165, 1.54) is 36.4 Å². The van der Waals surface area contributed by atoms with Gasteiger partial charge in [-0.15, -0.1) is 23.2 Å². The minimum absolute atomic E-state index is 0.0506. The Morgan fingerprint density at radius 3 is 2.25 bits per heavy atom. The fourth-order valence-corrected chi connectivity index (χ4v) is 1.47. The number of carbonyl (C=O) groups excluding carboxylic acids is 2. The van der Waals surface area contributed by atoms with Gasteiger partial charge in [0.2, 0.25) is 6.75 Å². The summed E-state index contributed by atoms with van der Waals surface area (Å²) in [5.41, 5.74) is 0.804. The van der Waals surface area contributed by atoms with Gasteiger partial charge in [-0.2, -0.15) is 0 Å². The fraction of sp³-hybridized carbons (Fsp3) is 0.125. The lowest BCUT2D eigenvalue weighted by Crippen LogP contribution is -1.92. The van der Waals surface area contributed by atoms with Gasteiger partial charge >= 0.3 is 0 Å². The lowest BCUT2D eigenvalue weighted by molar-refractivity contribution is 0.111. The number of hydrogen-bond donors (Lipinski definition) is 2. The molecule has 8 heteroatoms. The highest BCUT2D eigenvalue weighted by atomic mass is 35.5. The number of rotatable bonds is 4. The van der Waals surface area contributed by atoms with Gasteiger partial charge in [-0.05, 0) is 36.4 Å². The van der Waals surface area contributed by atoms with Crippen LogP contribution in [0.1, 0.15) is 26.2 Å². The van der Waals surface area contributed by atoms with Crippen molar-refractivity contribution in [1.82, 2.24) is 0 Å². The third-order valence-electron chi connectivity index (χ3n) is 2.51. The molecule has 0 saturated heterocycles. The van der Waals surface area contributed by atoms with Crippen LogP contribution in [0.5, 0.6) is 23.0 Å². The molecule has 1 aliphatic rings. The minimum Gasteiger partial charge on any atom is -0.504 e. The Bertz CT molecular complexity index is 872. The van der Waals surface area contributed by atoms with Crippen molar-refractivity contribution in [3.05, 3.63) is 47.5 Å². The molecule has 3 rings (SSSR count). The SMILES string of the molecule is [2H]C([2H])(Cl)Cl.[2H]C1([2H])Oc2ccc(C=O)cc2O1.[2H]Oc1ccc(C=O)cc1O[2H]. The fourth-order valence-electron chi connectivity index (χ4n) is 1.47. The number of benzene rings is 2. The standard InChI is InChI=1S/C8H6O3.C7H6O3.CH2Cl2/c9-4-6-1-2-7-8(3-6)11-5-10-7;8-4-5-1-2-6(9)7(10)3-5;2-1-3/h1-4H,5H2;1-4,9-10H;1H2/i5D2;;1D2/hD2. The average molecular weight is 379 g/mol. The summed E-state index contributed by atoms with van der Waals surface area (Å²) < 4.78 is 49.3. The molecule has 0 aromatic heterocycles. The van der Waals surface area contributed by atoms with E-state index in [-0.39, 0.29) is 17.2 Å². The highest BCUT2D eigenvalue weighted by Crippen LogP contribution is 2.31. The molecule has 0 spiro atoms. The monoisotopic (exact) mass is 378 g/mol. The molecule has 2 aromatic carbocycles. The molecule has 1 aliphatic heterocycles. The van der Waals surface area contributed by atoms with Crippen LogP contribution in [0.2, 0.25) is 0 Å². The summed E-state index contributed by atoms with van der Waals surface area (Å²) in [7, 11) is 0. The van der Waals surface area contributed by atoms with Crippen molar-refractivity contribution in [2.45, 2.75) is 0 Å². The molecule has 0 unspecified atom stereocenters. The molecular weight excluding hydrogens is 359 g/mol. The van der Waals surface area contributed by atoms with Crippen molar-refractivity contribution in [2.75, 3.05) is 12.0 Å². The first kappa shape index (κ1) is 12.0. The van der Waals surface area contributed by atoms with Crippen LogP contribution in [-0.4, -0.2) is 37.7 Å². The Morgan fingerprint density at radius 2 is 1.62 bits per heavy atom. The van der Waals surface area contributed by atoms with Crippen LogP contribution < -0.4 is 9.47 Å². The van der Waals surface area contributed by atoms with E-state index in [9.17, 15) is 9.59 Å². The molecule has 128 valence electrons. The number of phenolic OH excluding ortho intramolecular Hbond substituents is 2. The summed E-state index contributed by atoms with van der Waals surface area (Å²) in [6.45, 7) is -2.12. The third-order valence-corrected chi connectivity index (χ3v) is 2.51. The van der Waals surface area contributed by atoms with Gasteiger partial charge in [0.1, 0.15) is 15.3 Å². The van der Waals surface area contributed by atoms with E-state index < -0.39 is 12.0 Å². The molecule has 2 N–H and O–H groups in total. The summed E-state index contributed by atoms with van der Waals surface area (Å²) in [6.07, 6.45) is 1.29. The smallest absolute Gasteiger partial charge is 0.293 e. The van der Waals surface area contributed by atoms with Crippen molar-refractivity contribution in [3.8, 4) is 23.0 Å². The van der Waals surface area contributed by atoms with E-state index in [0.29, 0.717) is 29.4 Å². The van der Waals surface area contributed by atoms with Crippen LogP contribution in [0.3, 0.4) is 0 Å². The first-order valence-electron chi connectivity index (χ1n) is 8.94. The van der Waals surface area contributed by atoms with Crippen molar-refractivity contribution < 1.29 is 34.8 Å². The van der Waals surface area contributed by atoms with Gasteiger partial charge < -0.3 is 19.7 Å². The van der Waals surface area contributed by atoms with Crippen molar-refractivity contribution in [1.29, 1.82) is 2.86 Å². The largest absolute Gasteiger partial charge is 0.504 e. The molecule has 0 bridgehead atoms. The minimum atomic E-state index is -2.12. The number of ether oxygens (including phenoxy) is 2. The van der Waals surface area contributed by atoms with Crippen LogP contribution >= 0.6 is 23.2 Å². The zero-order chi connectivity index (χ0) is 22.9. The Morgan fingerprint density at radius 1 is 1.04 bits per heavy atom. The van der Waals surface area contributed by atoms with Crippen LogP contribution in [0, 0.1) is 0 Å². The highest BCUT2D eigenvalue weighted by Gasteiger charge is 2.12. The predicted molar refractivity (Wildman–Crippen MR) is 89.7 cm³/mol. The Balaban J connectivity index is 0.000000248. The second-order valence-corrected chi connectivity index (χ2v) is 4.58. The molecule has 0 aliphatic carbocycles. The molecular formula is C16H14Cl2O6. The van der Waals surface area contributed by atoms with E-state index in [1.807, 2.05) is 0 Å². The number of phenols is 2. The molecule has 0 atom stereocenters. The maximum atomic E-state index is 10.4. The molecule has 2 aromatic rings. The quantitative estimate of drug-likeness (QED) is 0.479. The summed E-state index contributed by atoms with van der Waals surface area (Å²) >= 11 is 9.26. The molecule has 0 saturated carbocycles. The number of hydrogen-bond acceptors (Lipinski definition) is 6. The third kappa shape index (κ3) is 5.98. The van der Waals surface area contributed by atoms with Crippen molar-refractivity contribution in [2.24, 2.45) is 0 Å². The van der Waals surface area contributed by atoms with Gasteiger partial charge in [0.25, 0.3) is 2.86 Å². The number of fused-ring (bicyclic) bond motifs is 1. The van der Waals surface area contributed by atoms with Gasteiger partial charge in [-0.25, -0.2) is 0 Å². The summed E-state index contributed by atoms with van der Waals surface area (Å²) in [6, 6.07) is 8.66. The van der Waals surface area contributed by atoms with Gasteiger partial charge in [0.15, 0.2) is 23.0 Å². The number of alkyl halides is 2. The second-order valence-electron chi connectivity index (χ2n) is 4.01. The van der Waals surface area contributed by atoms with Crippen molar-refractivity contribution >= 4 is 35.8 Å². The topological polar surface area (TPSA) is 93.1 Å². The summed E-state index contributed by atoms with van der Waals surface area (Å²) in [4.78, 5) is 20.6. The lowest BCUT2D eigenvalue weighted by Gasteiger charge is -1.95. The predicted octanol–water partition coefficient (Wildman–Crippen LogP) is 3.56. The van der Waals surface area contributed by atoms with Crippen LogP contribution in [0.25, 0.3) is 0 Å². The summed E-state index contributed by atoms with van der Waals surface area (Å²) in [5, 5.41) is 6.19. The van der Waals surface area contributed by atoms with Gasteiger partial charge in [0.05, 0.1) is 8.03 Å². The molecule has 0 fully saturated rings. The van der Waals surface area contributed by atoms with Crippen LogP contribution in [0.15, 0.2) is 36.4 Å². The molecule has 24 heavy (non-hydrogen) atoms. The normalized spacial score (nSPS) is 16.6. The lowest BCUT2D eigenvalue weighted by atomic mass is 10.2. The Hall–Kier alpha value is -2.44. The van der Waals surface area contributed by atoms with Gasteiger partial charge in [0, 0.05) is 11.1 Å². The maximum Gasteiger partial charge on any atom is 0.293 e. The molecule has 0 radical (unpaired) electrons. The van der Waals surface area contributed by atoms with Crippen LogP contribution in [0.4, 0.5) is 0 Å². The zero-order valence-electron chi connectivity index (χ0n) is 17.8. The maximum absolute atomic E-state index is 10.4. The number of carbonyl (C=O) groups is 2. The van der Waals surface area contributed by atoms with E-state index >= 15 is 0 Å². The number of aromatic hydroxyl groups is 2. The number of aldehydes is 2. The van der Waals surface area contributed by atoms with E-state index in [2.05, 4.69) is 33.4 Å². The molecule has 0 amide bonds. The van der Waals surface area contributed by atoms with E-state index in [4.69, 9.17) is 17.8 Å². The van der Waals surface area contributed by atoms with E-state index in [0.717, 1.165) is 0 Å². The van der Waals surface area contributed by atoms with Gasteiger partial charge in [-0.1, -0.05) is 0 Å². The average Bonchev–Trinajstić information content (AvgIpc) is 2.99. The zero-order valence-corrected chi connectivity index (χ0v) is 13.3. The second kappa shape index (κ2) is 10.4. The van der Waals surface area contributed by atoms with E-state index in [1.54, 1.807) is 0 Å². The number of halogens is 2.